The van der Waals surface area contributed by atoms with Gasteiger partial charge in [0.15, 0.2) is 5.96 Å². The Kier molecular flexibility index (Phi) is 10.6. The highest BCUT2D eigenvalue weighted by Crippen LogP contribution is 2.01. The van der Waals surface area contributed by atoms with Crippen molar-refractivity contribution in [3.8, 4) is 0 Å². The number of methoxy groups -OCH3 is 1. The van der Waals surface area contributed by atoms with Crippen LogP contribution in [0.5, 0.6) is 0 Å². The summed E-state index contributed by atoms with van der Waals surface area (Å²) in [6, 6.07) is 3.53. The summed E-state index contributed by atoms with van der Waals surface area (Å²) < 4.78 is 4.91. The van der Waals surface area contributed by atoms with Crippen LogP contribution in [0, 0.1) is 0 Å². The van der Waals surface area contributed by atoms with Gasteiger partial charge in [-0.2, -0.15) is 0 Å². The highest BCUT2D eigenvalue weighted by molar-refractivity contribution is 14.0. The molecule has 0 bridgehead atoms. The summed E-state index contributed by atoms with van der Waals surface area (Å²) in [6.45, 7) is 1.32. The molecular formula is C12H20IN5O2. The highest BCUT2D eigenvalue weighted by Gasteiger charge is 2.03. The monoisotopic (exact) mass is 393 g/mol. The van der Waals surface area contributed by atoms with Crippen molar-refractivity contribution in [3.05, 3.63) is 24.5 Å². The van der Waals surface area contributed by atoms with Gasteiger partial charge in [0.2, 0.25) is 5.91 Å². The number of nitrogens with one attached hydrogen (secondary N) is 3. The van der Waals surface area contributed by atoms with Gasteiger partial charge in [0.1, 0.15) is 0 Å². The van der Waals surface area contributed by atoms with E-state index < -0.39 is 0 Å². The molecule has 1 amide bonds. The molecule has 0 aliphatic rings. The number of hydrogen-bond acceptors (Lipinski definition) is 4. The van der Waals surface area contributed by atoms with E-state index in [1.54, 1.807) is 38.7 Å². The van der Waals surface area contributed by atoms with Gasteiger partial charge in [-0.3, -0.25) is 14.8 Å². The van der Waals surface area contributed by atoms with Crippen molar-refractivity contribution in [1.29, 1.82) is 0 Å². The third-order valence-electron chi connectivity index (χ3n) is 2.18. The van der Waals surface area contributed by atoms with Crippen molar-refractivity contribution >= 4 is 41.5 Å². The molecule has 3 N–H and O–H groups in total. The Morgan fingerprint density at radius 1 is 1.45 bits per heavy atom. The van der Waals surface area contributed by atoms with Crippen molar-refractivity contribution in [2.75, 3.05) is 39.2 Å². The predicted octanol–water partition coefficient (Wildman–Crippen LogP) is 0.450. The van der Waals surface area contributed by atoms with Crippen molar-refractivity contribution in [2.45, 2.75) is 0 Å². The van der Waals surface area contributed by atoms with Crippen LogP contribution in [0.15, 0.2) is 29.5 Å². The molecule has 0 aromatic carbocycles. The van der Waals surface area contributed by atoms with Crippen LogP contribution in [-0.2, 0) is 9.53 Å². The quantitative estimate of drug-likeness (QED) is 0.283. The molecule has 7 nitrogen and oxygen atoms in total. The minimum Gasteiger partial charge on any atom is -0.383 e. The topological polar surface area (TPSA) is 87.6 Å². The van der Waals surface area contributed by atoms with E-state index in [9.17, 15) is 4.79 Å². The first-order valence-electron chi connectivity index (χ1n) is 5.89. The van der Waals surface area contributed by atoms with Gasteiger partial charge >= 0.3 is 0 Å². The molecule has 0 atom stereocenters. The number of anilines is 1. The van der Waals surface area contributed by atoms with Crippen molar-refractivity contribution < 1.29 is 9.53 Å². The smallest absolute Gasteiger partial charge is 0.243 e. The van der Waals surface area contributed by atoms with E-state index in [2.05, 4.69) is 25.9 Å². The zero-order chi connectivity index (χ0) is 13.9. The number of hydrogen-bond donors (Lipinski definition) is 3. The molecular weight excluding hydrogens is 373 g/mol. The van der Waals surface area contributed by atoms with E-state index >= 15 is 0 Å². The van der Waals surface area contributed by atoms with Crippen LogP contribution in [0.1, 0.15) is 0 Å². The lowest BCUT2D eigenvalue weighted by Crippen LogP contribution is -2.42. The molecule has 1 heterocycles. The first-order valence-corrected chi connectivity index (χ1v) is 5.89. The number of pyridine rings is 1. The SMILES string of the molecule is CN=C(NCCOC)NCC(=O)Nc1cccnc1.I. The average Bonchev–Trinajstić information content (AvgIpc) is 2.44. The van der Waals surface area contributed by atoms with Gasteiger partial charge in [-0.25, -0.2) is 0 Å². The molecule has 20 heavy (non-hydrogen) atoms. The summed E-state index contributed by atoms with van der Waals surface area (Å²) in [4.78, 5) is 19.6. The lowest BCUT2D eigenvalue weighted by atomic mass is 10.4. The molecule has 0 saturated heterocycles. The molecule has 0 aliphatic heterocycles. The summed E-state index contributed by atoms with van der Waals surface area (Å²) in [5.41, 5.74) is 0.664. The van der Waals surface area contributed by atoms with Crippen LogP contribution >= 0.6 is 24.0 Å². The summed E-state index contributed by atoms with van der Waals surface area (Å²) >= 11 is 0. The van der Waals surface area contributed by atoms with E-state index in [1.165, 1.54) is 0 Å². The minimum absolute atomic E-state index is 0. The summed E-state index contributed by atoms with van der Waals surface area (Å²) in [5.74, 6) is 0.390. The minimum atomic E-state index is -0.164. The third-order valence-corrected chi connectivity index (χ3v) is 2.18. The molecule has 0 unspecified atom stereocenters. The number of carbonyl (C=O) groups is 1. The fourth-order valence-electron chi connectivity index (χ4n) is 1.30. The molecule has 0 spiro atoms. The molecule has 0 fully saturated rings. The van der Waals surface area contributed by atoms with Gasteiger partial charge in [-0.05, 0) is 12.1 Å². The van der Waals surface area contributed by atoms with Gasteiger partial charge in [0.05, 0.1) is 25.0 Å². The summed E-state index contributed by atoms with van der Waals surface area (Å²) in [6.07, 6.45) is 3.24. The van der Waals surface area contributed by atoms with E-state index in [-0.39, 0.29) is 36.4 Å². The Morgan fingerprint density at radius 3 is 2.85 bits per heavy atom. The van der Waals surface area contributed by atoms with Crippen LogP contribution in [0.3, 0.4) is 0 Å². The van der Waals surface area contributed by atoms with E-state index in [0.29, 0.717) is 24.8 Å². The Morgan fingerprint density at radius 2 is 2.25 bits per heavy atom. The summed E-state index contributed by atoms with van der Waals surface area (Å²) in [7, 11) is 3.26. The molecule has 0 radical (unpaired) electrons. The maximum absolute atomic E-state index is 11.7. The first-order chi connectivity index (χ1) is 9.26. The number of ether oxygens (including phenoxy) is 1. The fourth-order valence-corrected chi connectivity index (χ4v) is 1.30. The second-order valence-electron chi connectivity index (χ2n) is 3.64. The van der Waals surface area contributed by atoms with Crippen molar-refractivity contribution in [3.63, 3.8) is 0 Å². The zero-order valence-corrected chi connectivity index (χ0v) is 13.9. The largest absolute Gasteiger partial charge is 0.383 e. The van der Waals surface area contributed by atoms with E-state index in [1.807, 2.05) is 0 Å². The van der Waals surface area contributed by atoms with Gasteiger partial charge in [-0.15, -0.1) is 24.0 Å². The average molecular weight is 393 g/mol. The predicted molar refractivity (Wildman–Crippen MR) is 89.5 cm³/mol. The number of carbonyl (C=O) groups excluding carboxylic acids is 1. The zero-order valence-electron chi connectivity index (χ0n) is 11.5. The van der Waals surface area contributed by atoms with Gasteiger partial charge in [0.25, 0.3) is 0 Å². The van der Waals surface area contributed by atoms with Crippen LogP contribution < -0.4 is 16.0 Å². The van der Waals surface area contributed by atoms with Crippen LogP contribution in [0.4, 0.5) is 5.69 Å². The molecule has 0 saturated carbocycles. The third kappa shape index (κ3) is 7.89. The number of guanidine groups is 1. The van der Waals surface area contributed by atoms with E-state index in [0.717, 1.165) is 0 Å². The van der Waals surface area contributed by atoms with Gasteiger partial charge in [-0.1, -0.05) is 0 Å². The highest BCUT2D eigenvalue weighted by atomic mass is 127. The number of nitrogens with zero attached hydrogens (tertiary/aromatic N) is 2. The second-order valence-corrected chi connectivity index (χ2v) is 3.64. The number of halogens is 1. The normalized spacial score (nSPS) is 10.4. The second kappa shape index (κ2) is 11.4. The molecule has 8 heteroatoms. The maximum atomic E-state index is 11.7. The molecule has 112 valence electrons. The standard InChI is InChI=1S/C12H19N5O2.HI/c1-13-12(15-6-7-19-2)16-9-11(18)17-10-4-3-5-14-8-10;/h3-5,8H,6-7,9H2,1-2H3,(H,17,18)(H2,13,15,16);1H. The Balaban J connectivity index is 0.00000361. The van der Waals surface area contributed by atoms with Gasteiger partial charge < -0.3 is 20.7 Å². The lowest BCUT2D eigenvalue weighted by molar-refractivity contribution is -0.115. The Bertz CT molecular complexity index is 414. The Labute approximate surface area is 135 Å². The maximum Gasteiger partial charge on any atom is 0.243 e. The number of aliphatic imine (C=N–C) groups is 1. The van der Waals surface area contributed by atoms with E-state index in [4.69, 9.17) is 4.74 Å². The van der Waals surface area contributed by atoms with Crippen LogP contribution in [-0.4, -0.2) is 50.7 Å². The number of rotatable bonds is 6. The molecule has 1 aromatic heterocycles. The molecule has 0 aliphatic carbocycles. The van der Waals surface area contributed by atoms with Crippen molar-refractivity contribution in [2.24, 2.45) is 4.99 Å². The van der Waals surface area contributed by atoms with Crippen LogP contribution in [0.25, 0.3) is 0 Å². The Hall–Kier alpha value is -1.42. The summed E-state index contributed by atoms with van der Waals surface area (Å²) in [5, 5.41) is 8.63. The van der Waals surface area contributed by atoms with Crippen LogP contribution in [0.2, 0.25) is 0 Å². The fraction of sp³-hybridized carbons (Fsp3) is 0.417. The molecule has 1 aromatic rings. The number of aromatic nitrogens is 1. The lowest BCUT2D eigenvalue weighted by Gasteiger charge is -2.11. The van der Waals surface area contributed by atoms with Crippen molar-refractivity contribution in [1.82, 2.24) is 15.6 Å². The first kappa shape index (κ1) is 18.6. The number of amides is 1. The molecule has 1 rings (SSSR count). The van der Waals surface area contributed by atoms with Gasteiger partial charge in [0, 0.05) is 26.9 Å².